The van der Waals surface area contributed by atoms with Crippen LogP contribution in [-0.4, -0.2) is 30.9 Å². The van der Waals surface area contributed by atoms with Gasteiger partial charge in [0.25, 0.3) is 0 Å². The van der Waals surface area contributed by atoms with Crippen LogP contribution in [0.25, 0.3) is 0 Å². The molecule has 0 bridgehead atoms. The van der Waals surface area contributed by atoms with Crippen molar-refractivity contribution in [2.24, 2.45) is 5.92 Å². The maximum Gasteiger partial charge on any atom is 0.407 e. The number of terminal acetylenes is 1. The van der Waals surface area contributed by atoms with E-state index in [4.69, 9.17) is 15.9 Å². The molecule has 0 saturated heterocycles. The molecule has 0 atom stereocenters. The average Bonchev–Trinajstić information content (AvgIpc) is 2.29. The Bertz CT molecular complexity index is 319. The monoisotopic (exact) mass is 267 g/mol. The Balaban J connectivity index is 2.20. The van der Waals surface area contributed by atoms with Crippen molar-refractivity contribution in [3.63, 3.8) is 0 Å². The molecule has 1 aliphatic carbocycles. The predicted octanol–water partition coefficient (Wildman–Crippen LogP) is 2.72. The number of ether oxygens (including phenoxy) is 2. The van der Waals surface area contributed by atoms with Gasteiger partial charge in [-0.05, 0) is 52.4 Å². The first-order chi connectivity index (χ1) is 8.90. The lowest BCUT2D eigenvalue weighted by Crippen LogP contribution is -2.41. The molecular weight excluding hydrogens is 242 g/mol. The summed E-state index contributed by atoms with van der Waals surface area (Å²) < 4.78 is 10.6. The number of carbonyl (C=O) groups excluding carboxylic acids is 1. The van der Waals surface area contributed by atoms with Crippen LogP contribution in [0.5, 0.6) is 0 Å². The van der Waals surface area contributed by atoms with Gasteiger partial charge in [0.05, 0.1) is 6.61 Å². The highest BCUT2D eigenvalue weighted by molar-refractivity contribution is 5.68. The molecule has 19 heavy (non-hydrogen) atoms. The fraction of sp³-hybridized carbons (Fsp3) is 0.800. The Labute approximate surface area is 116 Å². The summed E-state index contributed by atoms with van der Waals surface area (Å²) in [4.78, 5) is 11.6. The van der Waals surface area contributed by atoms with Gasteiger partial charge < -0.3 is 14.8 Å². The van der Waals surface area contributed by atoms with E-state index in [-0.39, 0.29) is 12.1 Å². The molecule has 1 N–H and O–H groups in total. The number of rotatable bonds is 4. The number of hydrogen-bond acceptors (Lipinski definition) is 3. The summed E-state index contributed by atoms with van der Waals surface area (Å²) in [7, 11) is 0. The van der Waals surface area contributed by atoms with E-state index in [1.807, 2.05) is 20.8 Å². The van der Waals surface area contributed by atoms with Crippen molar-refractivity contribution in [1.29, 1.82) is 0 Å². The van der Waals surface area contributed by atoms with Gasteiger partial charge >= 0.3 is 6.09 Å². The van der Waals surface area contributed by atoms with Crippen LogP contribution in [0, 0.1) is 18.3 Å². The quantitative estimate of drug-likeness (QED) is 0.629. The van der Waals surface area contributed by atoms with Gasteiger partial charge in [0.1, 0.15) is 12.2 Å². The van der Waals surface area contributed by atoms with Crippen LogP contribution in [0.3, 0.4) is 0 Å². The lowest BCUT2D eigenvalue weighted by molar-refractivity contribution is 0.0472. The highest BCUT2D eigenvalue weighted by Gasteiger charge is 2.24. The molecule has 1 amide bonds. The second-order valence-corrected chi connectivity index (χ2v) is 6.08. The Morgan fingerprint density at radius 3 is 2.47 bits per heavy atom. The Hall–Kier alpha value is -1.21. The summed E-state index contributed by atoms with van der Waals surface area (Å²) in [5, 5.41) is 2.93. The van der Waals surface area contributed by atoms with E-state index in [0.717, 1.165) is 32.3 Å². The van der Waals surface area contributed by atoms with E-state index >= 15 is 0 Å². The van der Waals surface area contributed by atoms with E-state index in [0.29, 0.717) is 12.5 Å². The van der Waals surface area contributed by atoms with Crippen molar-refractivity contribution in [1.82, 2.24) is 5.32 Å². The van der Waals surface area contributed by atoms with Gasteiger partial charge in [0, 0.05) is 6.04 Å². The highest BCUT2D eigenvalue weighted by atomic mass is 16.6. The minimum Gasteiger partial charge on any atom is -0.444 e. The van der Waals surface area contributed by atoms with Crippen LogP contribution in [0.2, 0.25) is 0 Å². The third-order valence-electron chi connectivity index (χ3n) is 3.11. The zero-order valence-electron chi connectivity index (χ0n) is 12.2. The van der Waals surface area contributed by atoms with Crippen molar-refractivity contribution < 1.29 is 14.3 Å². The van der Waals surface area contributed by atoms with Crippen molar-refractivity contribution in [2.45, 2.75) is 58.1 Å². The molecule has 0 aromatic rings. The zero-order valence-corrected chi connectivity index (χ0v) is 12.2. The second kappa shape index (κ2) is 7.40. The molecule has 0 heterocycles. The number of carbonyl (C=O) groups is 1. The van der Waals surface area contributed by atoms with Gasteiger partial charge in [-0.2, -0.15) is 0 Å². The fourth-order valence-electron chi connectivity index (χ4n) is 2.23. The smallest absolute Gasteiger partial charge is 0.407 e. The van der Waals surface area contributed by atoms with Gasteiger partial charge in [0.15, 0.2) is 0 Å². The first kappa shape index (κ1) is 15.8. The number of alkyl carbamates (subject to hydrolysis) is 1. The number of hydrogen-bond donors (Lipinski definition) is 1. The molecule has 4 heteroatoms. The summed E-state index contributed by atoms with van der Waals surface area (Å²) in [6.07, 6.45) is 8.89. The molecule has 1 saturated carbocycles. The van der Waals surface area contributed by atoms with Crippen molar-refractivity contribution >= 4 is 6.09 Å². The van der Waals surface area contributed by atoms with Crippen molar-refractivity contribution in [2.75, 3.05) is 13.2 Å². The molecule has 1 rings (SSSR count). The molecule has 0 spiro atoms. The van der Waals surface area contributed by atoms with Crippen molar-refractivity contribution in [3.8, 4) is 12.3 Å². The fourth-order valence-corrected chi connectivity index (χ4v) is 2.23. The number of amides is 1. The maximum atomic E-state index is 11.6. The predicted molar refractivity (Wildman–Crippen MR) is 74.8 cm³/mol. The Morgan fingerprint density at radius 1 is 1.32 bits per heavy atom. The van der Waals surface area contributed by atoms with Crippen LogP contribution in [0.15, 0.2) is 0 Å². The average molecular weight is 267 g/mol. The van der Waals surface area contributed by atoms with Crippen LogP contribution in [0.4, 0.5) is 4.79 Å². The molecule has 0 unspecified atom stereocenters. The van der Waals surface area contributed by atoms with Gasteiger partial charge in [-0.25, -0.2) is 4.79 Å². The molecule has 1 fully saturated rings. The zero-order chi connectivity index (χ0) is 14.3. The van der Waals surface area contributed by atoms with Crippen LogP contribution in [-0.2, 0) is 9.47 Å². The third-order valence-corrected chi connectivity index (χ3v) is 3.11. The van der Waals surface area contributed by atoms with E-state index in [1.165, 1.54) is 0 Å². The lowest BCUT2D eigenvalue weighted by Gasteiger charge is -2.29. The molecule has 0 aliphatic heterocycles. The van der Waals surface area contributed by atoms with Crippen LogP contribution in [0.1, 0.15) is 46.5 Å². The molecular formula is C15H25NO3. The summed E-state index contributed by atoms with van der Waals surface area (Å²) >= 11 is 0. The van der Waals surface area contributed by atoms with E-state index < -0.39 is 5.60 Å². The van der Waals surface area contributed by atoms with Gasteiger partial charge in [-0.1, -0.05) is 5.92 Å². The topological polar surface area (TPSA) is 47.6 Å². The SMILES string of the molecule is C#CCOC[C@H]1CC[C@H](NC(=O)OC(C)(C)C)CC1. The van der Waals surface area contributed by atoms with E-state index in [1.54, 1.807) is 0 Å². The Kier molecular flexibility index (Phi) is 6.17. The van der Waals surface area contributed by atoms with Gasteiger partial charge in [-0.15, -0.1) is 6.42 Å². The van der Waals surface area contributed by atoms with Crippen LogP contribution >= 0.6 is 0 Å². The minimum atomic E-state index is -0.440. The molecule has 4 nitrogen and oxygen atoms in total. The summed E-state index contributed by atoms with van der Waals surface area (Å²) in [6.45, 7) is 6.71. The van der Waals surface area contributed by atoms with E-state index in [9.17, 15) is 4.79 Å². The largest absolute Gasteiger partial charge is 0.444 e. The molecule has 0 aromatic heterocycles. The normalized spacial score (nSPS) is 23.5. The van der Waals surface area contributed by atoms with Gasteiger partial charge in [-0.3, -0.25) is 0 Å². The standard InChI is InChI=1S/C15H25NO3/c1-5-10-18-11-12-6-8-13(9-7-12)16-14(17)19-15(2,3)4/h1,12-13H,6-11H2,2-4H3,(H,16,17)/t12-,13-. The number of nitrogens with one attached hydrogen (secondary N) is 1. The first-order valence-electron chi connectivity index (χ1n) is 6.91. The second-order valence-electron chi connectivity index (χ2n) is 6.08. The van der Waals surface area contributed by atoms with E-state index in [2.05, 4.69) is 11.2 Å². The maximum absolute atomic E-state index is 11.6. The first-order valence-corrected chi connectivity index (χ1v) is 6.91. The molecule has 0 radical (unpaired) electrons. The minimum absolute atomic E-state index is 0.221. The third kappa shape index (κ3) is 7.07. The Morgan fingerprint density at radius 2 is 1.95 bits per heavy atom. The summed E-state index contributed by atoms with van der Waals surface area (Å²) in [5.74, 6) is 3.03. The summed E-state index contributed by atoms with van der Waals surface area (Å²) in [6, 6.07) is 0.221. The van der Waals surface area contributed by atoms with Crippen LogP contribution < -0.4 is 5.32 Å². The molecule has 108 valence electrons. The van der Waals surface area contributed by atoms with Gasteiger partial charge in [0.2, 0.25) is 0 Å². The summed E-state index contributed by atoms with van der Waals surface area (Å²) in [5.41, 5.74) is -0.440. The highest BCUT2D eigenvalue weighted by Crippen LogP contribution is 2.24. The van der Waals surface area contributed by atoms with Crippen molar-refractivity contribution in [3.05, 3.63) is 0 Å². The molecule has 1 aliphatic rings. The molecule has 0 aromatic carbocycles. The lowest BCUT2D eigenvalue weighted by atomic mass is 9.86.